The van der Waals surface area contributed by atoms with Crippen LogP contribution < -0.4 is 109 Å². The third-order valence-corrected chi connectivity index (χ3v) is 20.4. The number of nitrogens with one attached hydrogen (secondary N) is 13. The summed E-state index contributed by atoms with van der Waals surface area (Å²) in [6.45, 7) is 2.43. The average molecular weight is 1670 g/mol. The Morgan fingerprint density at radius 2 is 1.14 bits per heavy atom. The second-order valence-electron chi connectivity index (χ2n) is 27.1. The molecule has 46 nitrogen and oxygen atoms in total. The van der Waals surface area contributed by atoms with Crippen molar-refractivity contribution in [3.63, 3.8) is 0 Å². The van der Waals surface area contributed by atoms with E-state index in [1.165, 1.54) is 16.7 Å². The minimum Gasteiger partial charge on any atom is -0.481 e. The number of aliphatic imine (C=N–C) groups is 3. The van der Waals surface area contributed by atoms with Gasteiger partial charge in [0.25, 0.3) is 0 Å². The van der Waals surface area contributed by atoms with Crippen LogP contribution in [0.3, 0.4) is 0 Å². The number of hydrogen-bond donors (Lipinski definition) is 23. The van der Waals surface area contributed by atoms with E-state index in [2.05, 4.69) is 84.1 Å². The Morgan fingerprint density at radius 3 is 1.72 bits per heavy atom. The summed E-state index contributed by atoms with van der Waals surface area (Å²) in [5, 5.41) is 60.9. The molecular formula is C65H109N25O21S3. The Morgan fingerprint density at radius 1 is 0.588 bits per heavy atom. The standard InChI is InChI=1S/C65H109N25O21S3/c1-31(2)23-38-55(104)82-35(12-7-18-74-64(69)70)52(101)76-27-47(94)80-42(57(106)86-40(25-49(97)98)62(111)90-21-10-14-44(90)59(108)81-34(50(66)99)11-6-17-73-63(67)68)29-113-114-30-43(88-51(100)32(3)78-46(93)26-77-53(102)41(28-91)87-56(105)39(24-48(95)96)79-33(4)92)58(107)84-37(16-22-112-5)61(110)89-20-9-15-45(89)60(109)83-36(54(103)85-38)13-8-19-75-65(71)72/h31-32,34-45,91H,6-30H2,1-5H3,(H2,66,99)(H,76,101)(H,77,102)(H,78,93)(H,79,92)(H,80,94)(H,81,108)(H,82,104)(H,83,109)(H,84,107)(H,85,103)(H,86,106)(H,87,105)(H,88,100)(H,95,96)(H,97,98)(H4,67,68,73)(H4,69,70,74)(H4,71,72,75)/t32-,34-,35-,36-,37-,38-,39-,40-,41-,42-,43-,44-,45-/m0/s1. The van der Waals surface area contributed by atoms with Gasteiger partial charge in [0.2, 0.25) is 94.5 Å². The number of carbonyl (C=O) groups excluding carboxylic acids is 16. The fourth-order valence-corrected chi connectivity index (χ4v) is 14.5. The molecular weight excluding hydrogens is 1560 g/mol. The van der Waals surface area contributed by atoms with Gasteiger partial charge in [-0.2, -0.15) is 11.8 Å². The number of carboxylic acid groups (broad SMARTS) is 2. The molecule has 0 aromatic rings. The summed E-state index contributed by atoms with van der Waals surface area (Å²) in [4.78, 5) is 261. The number of aliphatic carboxylic acids is 2. The van der Waals surface area contributed by atoms with Gasteiger partial charge in [-0.3, -0.25) is 101 Å². The highest BCUT2D eigenvalue weighted by molar-refractivity contribution is 8.76. The molecule has 13 atom stereocenters. The Bertz CT molecular complexity index is 3500. The number of thioether (sulfide) groups is 1. The number of aliphatic hydroxyl groups is 1. The van der Waals surface area contributed by atoms with E-state index in [1.54, 1.807) is 20.1 Å². The van der Waals surface area contributed by atoms with E-state index in [0.717, 1.165) is 40.3 Å². The van der Waals surface area contributed by atoms with Gasteiger partial charge in [0.05, 0.1) is 32.5 Å². The molecule has 0 aliphatic carbocycles. The number of nitrogens with two attached hydrogens (primary N) is 7. The highest BCUT2D eigenvalue weighted by Gasteiger charge is 2.43. The normalized spacial score (nSPS) is 21.5. The lowest BCUT2D eigenvalue weighted by Gasteiger charge is -2.31. The monoisotopic (exact) mass is 1670 g/mol. The zero-order chi connectivity index (χ0) is 85.5. The van der Waals surface area contributed by atoms with Gasteiger partial charge in [-0.05, 0) is 102 Å². The number of amides is 16. The maximum absolute atomic E-state index is 15.0. The number of aliphatic hydroxyl groups excluding tert-OH is 1. The number of fused-ring (bicyclic) bond motifs is 1. The van der Waals surface area contributed by atoms with Crippen LogP contribution in [0.1, 0.15) is 118 Å². The van der Waals surface area contributed by atoms with E-state index in [1.807, 2.05) is 0 Å². The topological polar surface area (TPSA) is 750 Å². The number of guanidine groups is 3. The van der Waals surface area contributed by atoms with Gasteiger partial charge in [0.1, 0.15) is 78.5 Å². The van der Waals surface area contributed by atoms with E-state index in [-0.39, 0.29) is 139 Å². The first-order chi connectivity index (χ1) is 53.8. The maximum Gasteiger partial charge on any atom is 0.305 e. The molecule has 0 spiro atoms. The third kappa shape index (κ3) is 35.5. The van der Waals surface area contributed by atoms with E-state index in [4.69, 9.17) is 40.1 Å². The van der Waals surface area contributed by atoms with Crippen LogP contribution in [0, 0.1) is 5.92 Å². The number of nitrogens with zero attached hydrogens (tertiary/aromatic N) is 5. The Hall–Kier alpha value is -10.7. The van der Waals surface area contributed by atoms with Crippen LogP contribution in [0.2, 0.25) is 0 Å². The molecule has 16 amide bonds. The molecule has 3 aliphatic rings. The molecule has 3 heterocycles. The van der Waals surface area contributed by atoms with Gasteiger partial charge in [-0.15, -0.1) is 0 Å². The fourth-order valence-electron chi connectivity index (χ4n) is 11.7. The summed E-state index contributed by atoms with van der Waals surface area (Å²) in [7, 11) is 1.48. The first kappa shape index (κ1) is 97.5. The molecule has 0 unspecified atom stereocenters. The number of rotatable bonds is 37. The molecule has 3 aliphatic heterocycles. The van der Waals surface area contributed by atoms with Gasteiger partial charge in [-0.1, -0.05) is 35.4 Å². The molecule has 3 saturated heterocycles. The van der Waals surface area contributed by atoms with E-state index < -0.39 is 229 Å². The Labute approximate surface area is 668 Å². The minimum atomic E-state index is -1.98. The van der Waals surface area contributed by atoms with Crippen molar-refractivity contribution in [3.8, 4) is 0 Å². The fraction of sp³-hybridized carbons (Fsp3) is 0.677. The lowest BCUT2D eigenvalue weighted by molar-refractivity contribution is -0.146. The van der Waals surface area contributed by atoms with Crippen molar-refractivity contribution in [3.05, 3.63) is 0 Å². The van der Waals surface area contributed by atoms with E-state index in [0.29, 0.717) is 0 Å². The van der Waals surface area contributed by atoms with Crippen molar-refractivity contribution in [1.82, 2.24) is 78.9 Å². The van der Waals surface area contributed by atoms with Crippen molar-refractivity contribution < 1.29 is 102 Å². The predicted molar refractivity (Wildman–Crippen MR) is 416 cm³/mol. The van der Waals surface area contributed by atoms with Gasteiger partial charge in [-0.25, -0.2) is 0 Å². The third-order valence-electron chi connectivity index (χ3n) is 17.3. The van der Waals surface area contributed by atoms with Gasteiger partial charge < -0.3 is 134 Å². The summed E-state index contributed by atoms with van der Waals surface area (Å²) < 4.78 is 0. The van der Waals surface area contributed by atoms with Crippen molar-refractivity contribution in [2.75, 3.05) is 75.9 Å². The maximum atomic E-state index is 15.0. The van der Waals surface area contributed by atoms with E-state index in [9.17, 15) is 102 Å². The second kappa shape index (κ2) is 50.4. The molecule has 3 fully saturated rings. The smallest absolute Gasteiger partial charge is 0.305 e. The molecule has 0 aromatic carbocycles. The largest absolute Gasteiger partial charge is 0.481 e. The summed E-state index contributed by atoms with van der Waals surface area (Å²) in [5.41, 5.74) is 38.7. The number of carbonyl (C=O) groups is 18. The summed E-state index contributed by atoms with van der Waals surface area (Å²) >= 11 is 1.27. The molecule has 114 heavy (non-hydrogen) atoms. The first-order valence-corrected chi connectivity index (χ1v) is 40.3. The molecule has 3 rings (SSSR count). The zero-order valence-electron chi connectivity index (χ0n) is 64.0. The van der Waals surface area contributed by atoms with Crippen LogP contribution in [0.5, 0.6) is 0 Å². The van der Waals surface area contributed by atoms with Crippen molar-refractivity contribution in [2.24, 2.45) is 61.0 Å². The van der Waals surface area contributed by atoms with Crippen molar-refractivity contribution in [2.45, 2.75) is 196 Å². The number of primary amides is 1. The van der Waals surface area contributed by atoms with Crippen LogP contribution in [0.15, 0.2) is 15.0 Å². The average Bonchev–Trinajstić information content (AvgIpc) is 1.64. The highest BCUT2D eigenvalue weighted by atomic mass is 33.1. The van der Waals surface area contributed by atoms with Gasteiger partial charge >= 0.3 is 11.9 Å². The molecule has 0 bridgehead atoms. The Kier molecular flexibility index (Phi) is 43.1. The van der Waals surface area contributed by atoms with E-state index >= 15 is 0 Å². The molecule has 638 valence electrons. The van der Waals surface area contributed by atoms with Gasteiger partial charge in [0.15, 0.2) is 17.9 Å². The molecule has 0 saturated carbocycles. The summed E-state index contributed by atoms with van der Waals surface area (Å²) in [5.74, 6) is -21.1. The van der Waals surface area contributed by atoms with Gasteiger partial charge in [0, 0.05) is 51.2 Å². The van der Waals surface area contributed by atoms with Crippen LogP contribution in [-0.2, 0) is 86.3 Å². The molecule has 0 aromatic heterocycles. The second-order valence-corrected chi connectivity index (χ2v) is 30.6. The van der Waals surface area contributed by atoms with Crippen LogP contribution in [-0.4, -0.2) is 304 Å². The minimum absolute atomic E-state index is 0.00322. The lowest BCUT2D eigenvalue weighted by Crippen LogP contribution is -2.60. The van der Waals surface area contributed by atoms with Crippen LogP contribution in [0.25, 0.3) is 0 Å². The SMILES string of the molecule is CSCC[C@@H]1NC(=O)[C@@H](NC(=O)[C@H](C)NC(=O)CNC(=O)[C@H](CO)NC(=O)[C@H](CC(=O)O)NC(C)=O)CSSC[C@@H](C(=O)N[C@@H](CC(=O)O)C(=O)N2CCC[C@H]2C(=O)N[C@@H](CCCN=C(N)N)C(N)=O)NC(=O)CNC(=O)[C@H](CCCN=C(N)N)NC(=O)[C@H](CC(C)C)NC(=O)[C@H](CCCN=C(N)N)NC(=O)[C@@H]2CCCN2C1=O. The van der Waals surface area contributed by atoms with Crippen molar-refractivity contribution >= 4 is 158 Å². The first-order valence-electron chi connectivity index (χ1n) is 36.5. The lowest BCUT2D eigenvalue weighted by atomic mass is 10.0. The van der Waals surface area contributed by atoms with Crippen molar-refractivity contribution in [1.29, 1.82) is 0 Å². The molecule has 0 radical (unpaired) electrons. The highest BCUT2D eigenvalue weighted by Crippen LogP contribution is 2.26. The molecule has 30 N–H and O–H groups in total. The van der Waals surface area contributed by atoms with Crippen LogP contribution >= 0.6 is 33.3 Å². The zero-order valence-corrected chi connectivity index (χ0v) is 66.4. The number of likely N-dealkylation sites (tertiary alicyclic amines) is 1. The number of hydrogen-bond acceptors (Lipinski definition) is 25. The molecule has 49 heteroatoms. The Balaban J connectivity index is 2.22. The summed E-state index contributed by atoms with van der Waals surface area (Å²) in [6, 6.07) is -20.3. The van der Waals surface area contributed by atoms with Crippen LogP contribution in [0.4, 0.5) is 0 Å². The summed E-state index contributed by atoms with van der Waals surface area (Å²) in [6.07, 6.45) is -0.0485. The predicted octanol–water partition coefficient (Wildman–Crippen LogP) is -10.6. The number of carboxylic acids is 2. The quantitative estimate of drug-likeness (QED) is 0.0119.